The molecule has 2 aromatic carbocycles. The number of Topliss-reactive ketones (excluding diaryl/α,β-unsaturated/α-hetero) is 1. The third kappa shape index (κ3) is 22.4. The molecule has 4 saturated heterocycles. The number of amides is 13. The summed E-state index contributed by atoms with van der Waals surface area (Å²) in [5, 5.41) is 47.3. The molecule has 0 unspecified atom stereocenters. The van der Waals surface area contributed by atoms with Gasteiger partial charge in [-0.3, -0.25) is 57.5 Å². The van der Waals surface area contributed by atoms with E-state index in [0.717, 1.165) is 5.75 Å². The Morgan fingerprint density at radius 1 is 0.684 bits per heavy atom. The maximum absolute atomic E-state index is 15.0. The molecule has 30 heteroatoms. The molecule has 29 nitrogen and oxygen atoms in total. The van der Waals surface area contributed by atoms with E-state index in [4.69, 9.17) is 16.2 Å². The van der Waals surface area contributed by atoms with Crippen LogP contribution in [0.15, 0.2) is 54.6 Å². The number of epoxide rings is 1. The SMILES string of the molecule is CC[C@H](C)[C@H](NC(=O)[C@@H]1CCCN1C(=O)[C@H](Cc1ccc(O)cc1)NC(=O)[C@H](CC(N)=O)NC(=O)[C@H](CCC(N)=O)NC(=O)[C@H](CO)NC(=O)CCCC[C@@H]1SC[C@@H]2NC(=O)N[C@@H]21)C(=O)N[C@H](C(=O)N[C@@H](Cc1ccccc1)C(=O)N[C@@H](CC(C)C)C(=O)[C@@]1(C)CO1)C(C)C. The fourth-order valence-electron chi connectivity index (χ4n) is 11.7. The van der Waals surface area contributed by atoms with Gasteiger partial charge < -0.3 is 84.5 Å². The van der Waals surface area contributed by atoms with Gasteiger partial charge in [0.25, 0.3) is 0 Å². The van der Waals surface area contributed by atoms with Crippen LogP contribution < -0.4 is 64.6 Å². The fourth-order valence-corrected chi connectivity index (χ4v) is 13.3. The van der Waals surface area contributed by atoms with Crippen LogP contribution in [0.2, 0.25) is 0 Å². The summed E-state index contributed by atoms with van der Waals surface area (Å²) in [5.74, 6) is -10.2. The zero-order chi connectivity index (χ0) is 69.8. The first-order valence-electron chi connectivity index (χ1n) is 32.6. The Morgan fingerprint density at radius 3 is 1.89 bits per heavy atom. The van der Waals surface area contributed by atoms with E-state index >= 15 is 0 Å². The number of carbonyl (C=O) groups excluding carboxylic acids is 13. The van der Waals surface area contributed by atoms with E-state index in [2.05, 4.69) is 53.2 Å². The van der Waals surface area contributed by atoms with Crippen LogP contribution in [0, 0.1) is 17.8 Å². The lowest BCUT2D eigenvalue weighted by molar-refractivity contribution is -0.143. The number of hydrogen-bond acceptors (Lipinski definition) is 17. The molecule has 16 N–H and O–H groups in total. The molecule has 2 aromatic rings. The smallest absolute Gasteiger partial charge is 0.315 e. The third-order valence-corrected chi connectivity index (χ3v) is 19.0. The molecule has 0 spiro atoms. The van der Waals surface area contributed by atoms with Crippen LogP contribution >= 0.6 is 11.8 Å². The van der Waals surface area contributed by atoms with Gasteiger partial charge in [-0.2, -0.15) is 11.8 Å². The number of ketones is 1. The van der Waals surface area contributed by atoms with Crippen molar-refractivity contribution in [2.24, 2.45) is 29.2 Å². The number of urea groups is 1. The van der Waals surface area contributed by atoms with Crippen molar-refractivity contribution in [3.05, 3.63) is 65.7 Å². The van der Waals surface area contributed by atoms with E-state index in [1.165, 1.54) is 29.2 Å². The van der Waals surface area contributed by atoms with Crippen LogP contribution in [0.1, 0.15) is 130 Å². The summed E-state index contributed by atoms with van der Waals surface area (Å²) >= 11 is 1.72. The summed E-state index contributed by atoms with van der Waals surface area (Å²) in [6.45, 7) is 11.7. The number of thioether (sulfide) groups is 1. The molecule has 0 bridgehead atoms. The van der Waals surface area contributed by atoms with Crippen molar-refractivity contribution in [1.29, 1.82) is 0 Å². The summed E-state index contributed by atoms with van der Waals surface area (Å²) in [6, 6.07) is 1.85. The third-order valence-electron chi connectivity index (χ3n) is 17.5. The van der Waals surface area contributed by atoms with Crippen molar-refractivity contribution >= 4 is 88.6 Å². The molecule has 0 aliphatic carbocycles. The molecule has 0 aromatic heterocycles. The molecule has 14 atom stereocenters. The number of likely N-dealkylation sites (tertiary alicyclic amines) is 1. The Hall–Kier alpha value is -8.38. The summed E-state index contributed by atoms with van der Waals surface area (Å²) in [5.41, 5.74) is 11.1. The Bertz CT molecular complexity index is 3080. The Morgan fingerprint density at radius 2 is 1.27 bits per heavy atom. The molecule has 4 heterocycles. The highest BCUT2D eigenvalue weighted by Gasteiger charge is 2.51. The van der Waals surface area contributed by atoms with E-state index in [1.54, 1.807) is 76.7 Å². The number of benzene rings is 2. The van der Waals surface area contributed by atoms with Gasteiger partial charge in [0.05, 0.1) is 37.8 Å². The zero-order valence-corrected chi connectivity index (χ0v) is 55.8. The van der Waals surface area contributed by atoms with Crippen molar-refractivity contribution in [3.63, 3.8) is 0 Å². The highest BCUT2D eigenvalue weighted by molar-refractivity contribution is 8.00. The number of nitrogens with zero attached hydrogens (tertiary/aromatic N) is 1. The number of aliphatic hydroxyl groups excluding tert-OH is 1. The van der Waals surface area contributed by atoms with Gasteiger partial charge in [0.1, 0.15) is 59.7 Å². The molecule has 0 radical (unpaired) electrons. The topological polar surface area (TPSA) is 450 Å². The van der Waals surface area contributed by atoms with Gasteiger partial charge in [-0.1, -0.05) is 96.8 Å². The lowest BCUT2D eigenvalue weighted by atomic mass is 9.93. The Balaban J connectivity index is 1.14. The zero-order valence-electron chi connectivity index (χ0n) is 55.0. The van der Waals surface area contributed by atoms with Crippen LogP contribution in [0.4, 0.5) is 4.79 Å². The van der Waals surface area contributed by atoms with E-state index in [0.29, 0.717) is 43.2 Å². The van der Waals surface area contributed by atoms with Crippen LogP contribution in [0.25, 0.3) is 0 Å². The second kappa shape index (κ2) is 35.4. The van der Waals surface area contributed by atoms with Gasteiger partial charge in [-0.15, -0.1) is 0 Å². The number of phenols is 1. The minimum atomic E-state index is -1.84. The van der Waals surface area contributed by atoms with Crippen LogP contribution in [0.5, 0.6) is 5.75 Å². The number of aromatic hydroxyl groups is 1. The Labute approximate surface area is 557 Å². The largest absolute Gasteiger partial charge is 0.508 e. The molecule has 4 aliphatic rings. The number of rotatable bonds is 38. The quantitative estimate of drug-likeness (QED) is 0.0218. The second-order valence-corrected chi connectivity index (χ2v) is 27.3. The van der Waals surface area contributed by atoms with Gasteiger partial charge in [-0.05, 0) is 86.5 Å². The number of nitrogens with one attached hydrogen (secondary N) is 10. The number of unbranched alkanes of at least 4 members (excludes halogenated alkanes) is 1. The fraction of sp³-hybridized carbons (Fsp3) is 0.615. The average molecular weight is 1350 g/mol. The standard InChI is InChI=1S/C65H95N13O16S/c1-8-36(6)53(62(91)75-52(35(4)5)61(90)72-42(28-37-15-10-9-11-16-37)57(86)70-41(27-34(2)3)55(84)65(7)33-94-65)76-60(89)47-17-14-26-78(47)63(92)44(29-38-20-22-39(80)23-21-38)73-58(87)43(30-50(67)82)71-56(85)40(24-25-49(66)81)69-59(88)45(31-79)68-51(83)19-13-12-18-48-54-46(32-95-48)74-64(93)77-54/h9-11,15-16,20-23,34-36,40-48,52-54,79-80H,8,12-14,17-19,24-33H2,1-7H3,(H2,66,81)(H2,67,82)(H,68,83)(H,69,88)(H,70,86)(H,71,85)(H,72,90)(H,73,87)(H,75,91)(H,76,89)(H2,74,77,93)/t36-,40-,41-,42-,43-,44-,45-,46-,47-,48-,52-,53-,54-,65+/m0/s1. The van der Waals surface area contributed by atoms with Crippen molar-refractivity contribution < 1.29 is 77.3 Å². The predicted octanol–water partition coefficient (Wildman–Crippen LogP) is -0.988. The maximum atomic E-state index is 15.0. The van der Waals surface area contributed by atoms with Gasteiger partial charge in [0.2, 0.25) is 65.0 Å². The lowest BCUT2D eigenvalue weighted by Crippen LogP contribution is -2.62. The minimum Gasteiger partial charge on any atom is -0.508 e. The first-order valence-corrected chi connectivity index (χ1v) is 33.6. The molecule has 4 fully saturated rings. The first kappa shape index (κ1) is 75.6. The van der Waals surface area contributed by atoms with Gasteiger partial charge in [0.15, 0.2) is 5.78 Å². The number of primary amides is 2. The second-order valence-electron chi connectivity index (χ2n) is 26.0. The molecule has 0 saturated carbocycles. The summed E-state index contributed by atoms with van der Waals surface area (Å²) in [6.07, 6.45) is 0.758. The number of aliphatic hydroxyl groups is 1. The van der Waals surface area contributed by atoms with E-state index in [9.17, 15) is 72.5 Å². The van der Waals surface area contributed by atoms with Gasteiger partial charge in [-0.25, -0.2) is 4.79 Å². The monoisotopic (exact) mass is 1350 g/mol. The molecular weight excluding hydrogens is 1250 g/mol. The average Bonchev–Trinajstić information content (AvgIpc) is 1.65. The van der Waals surface area contributed by atoms with Crippen LogP contribution in [-0.4, -0.2) is 195 Å². The number of nitrogens with two attached hydrogens (primary N) is 2. The first-order chi connectivity index (χ1) is 45.0. The molecule has 4 aliphatic heterocycles. The maximum Gasteiger partial charge on any atom is 0.315 e. The van der Waals surface area contributed by atoms with Gasteiger partial charge in [0, 0.05) is 43.2 Å². The highest BCUT2D eigenvalue weighted by Crippen LogP contribution is 2.34. The molecule has 13 amide bonds. The molecule has 95 heavy (non-hydrogen) atoms. The number of fused-ring (bicyclic) bond motifs is 1. The van der Waals surface area contributed by atoms with E-state index < -0.39 is 163 Å². The molecule has 6 rings (SSSR count). The minimum absolute atomic E-state index is 0.00963. The van der Waals surface area contributed by atoms with Crippen LogP contribution in [-0.2, 0) is 75.1 Å². The summed E-state index contributed by atoms with van der Waals surface area (Å²) in [4.78, 5) is 179. The summed E-state index contributed by atoms with van der Waals surface area (Å²) < 4.78 is 5.43. The number of hydrogen-bond donors (Lipinski definition) is 14. The van der Waals surface area contributed by atoms with Crippen molar-refractivity contribution in [2.75, 3.05) is 25.5 Å². The normalized spacial score (nSPS) is 21.5. The van der Waals surface area contributed by atoms with E-state index in [-0.39, 0.29) is 86.1 Å². The molecule has 522 valence electrons. The number of ether oxygens (including phenoxy) is 1. The highest BCUT2D eigenvalue weighted by atomic mass is 32.2. The Kier molecular flexibility index (Phi) is 28.2. The molecular formula is C65H95N13O16S. The van der Waals surface area contributed by atoms with Crippen molar-refractivity contribution in [3.8, 4) is 5.75 Å². The van der Waals surface area contributed by atoms with Crippen molar-refractivity contribution in [1.82, 2.24) is 58.1 Å². The summed E-state index contributed by atoms with van der Waals surface area (Å²) in [7, 11) is 0. The van der Waals surface area contributed by atoms with E-state index in [1.807, 2.05) is 13.8 Å². The lowest BCUT2D eigenvalue weighted by Gasteiger charge is -2.32. The van der Waals surface area contributed by atoms with Crippen molar-refractivity contribution in [2.45, 2.75) is 209 Å². The predicted molar refractivity (Wildman–Crippen MR) is 349 cm³/mol. The number of carbonyl (C=O) groups is 13. The van der Waals surface area contributed by atoms with Gasteiger partial charge >= 0.3 is 6.03 Å². The number of phenolic OH excluding ortho intramolecular Hbond substituents is 1. The van der Waals surface area contributed by atoms with Crippen LogP contribution in [0.3, 0.4) is 0 Å².